The van der Waals surface area contributed by atoms with E-state index in [2.05, 4.69) is 45.7 Å². The highest BCUT2D eigenvalue weighted by atomic mass is 79.9. The molecule has 0 N–H and O–H groups in total. The van der Waals surface area contributed by atoms with Gasteiger partial charge in [-0.1, -0.05) is 31.2 Å². The summed E-state index contributed by atoms with van der Waals surface area (Å²) in [6.45, 7) is 8.15. The number of rotatable bonds is 5. The predicted octanol–water partition coefficient (Wildman–Crippen LogP) is 4.16. The van der Waals surface area contributed by atoms with Crippen molar-refractivity contribution in [3.8, 4) is 0 Å². The van der Waals surface area contributed by atoms with Crippen LogP contribution < -0.4 is 0 Å². The number of fused-ring (bicyclic) bond motifs is 1. The highest BCUT2D eigenvalue weighted by molar-refractivity contribution is 9.10. The fourth-order valence-electron chi connectivity index (χ4n) is 1.64. The molecule has 0 aliphatic heterocycles. The molecule has 0 spiro atoms. The topological polar surface area (TPSA) is 39.9 Å². The third-order valence-corrected chi connectivity index (χ3v) is 5.32. The summed E-state index contributed by atoms with van der Waals surface area (Å²) in [5.74, 6) is 0. The van der Waals surface area contributed by atoms with Gasteiger partial charge in [0.15, 0.2) is 5.65 Å². The third kappa shape index (κ3) is 3.78. The fourth-order valence-corrected chi connectivity index (χ4v) is 3.32. The van der Waals surface area contributed by atoms with Crippen LogP contribution in [-0.2, 0) is 11.5 Å². The molecule has 0 aromatic carbocycles. The zero-order valence-corrected chi connectivity index (χ0v) is 14.6. The van der Waals surface area contributed by atoms with Gasteiger partial charge in [0, 0.05) is 20.9 Å². The second-order valence-electron chi connectivity index (χ2n) is 5.63. The van der Waals surface area contributed by atoms with E-state index in [4.69, 9.17) is 16.3 Å². The van der Waals surface area contributed by atoms with Crippen molar-refractivity contribution in [1.82, 2.24) is 14.8 Å². The van der Waals surface area contributed by atoms with E-state index >= 15 is 0 Å². The van der Waals surface area contributed by atoms with Crippen LogP contribution in [0.25, 0.3) is 11.0 Å². The first-order valence-corrected chi connectivity index (χ1v) is 11.0. The Hall–Kier alpha value is -0.433. The molecule has 2 aromatic heterocycles. The molecule has 0 aliphatic carbocycles. The molecular formula is C12H17BrClN3OSi. The van der Waals surface area contributed by atoms with Crippen LogP contribution >= 0.6 is 27.5 Å². The molecule has 7 heteroatoms. The molecule has 0 aliphatic rings. The molecule has 0 atom stereocenters. The average Bonchev–Trinajstić information content (AvgIpc) is 2.62. The summed E-state index contributed by atoms with van der Waals surface area (Å²) in [4.78, 5) is 4.31. The maximum atomic E-state index is 6.14. The molecule has 0 saturated carbocycles. The van der Waals surface area contributed by atoms with Gasteiger partial charge in [-0.05, 0) is 28.0 Å². The summed E-state index contributed by atoms with van der Waals surface area (Å²) < 4.78 is 8.12. The maximum Gasteiger partial charge on any atom is 0.162 e. The van der Waals surface area contributed by atoms with E-state index in [0.717, 1.165) is 23.7 Å². The molecule has 0 amide bonds. The molecule has 0 unspecified atom stereocenters. The molecule has 2 aromatic rings. The fraction of sp³-hybridized carbons (Fsp3) is 0.500. The molecule has 0 radical (unpaired) electrons. The van der Waals surface area contributed by atoms with Crippen LogP contribution in [0.5, 0.6) is 0 Å². The standard InChI is InChI=1S/C12H17BrClN3OSi/c1-19(2,3)7-6-18-8-17-12-10(11(13)16-17)9(14)4-5-15-12/h4-5H,6-8H2,1-3H3. The Labute approximate surface area is 127 Å². The van der Waals surface area contributed by atoms with E-state index in [1.165, 1.54) is 0 Å². The minimum absolute atomic E-state index is 0.403. The monoisotopic (exact) mass is 361 g/mol. The van der Waals surface area contributed by atoms with Gasteiger partial charge in [-0.2, -0.15) is 5.10 Å². The number of hydrogen-bond donors (Lipinski definition) is 0. The highest BCUT2D eigenvalue weighted by Gasteiger charge is 2.14. The highest BCUT2D eigenvalue weighted by Crippen LogP contribution is 2.28. The van der Waals surface area contributed by atoms with Gasteiger partial charge in [-0.3, -0.25) is 0 Å². The zero-order valence-electron chi connectivity index (χ0n) is 11.3. The van der Waals surface area contributed by atoms with Crippen molar-refractivity contribution >= 4 is 46.6 Å². The van der Waals surface area contributed by atoms with E-state index in [-0.39, 0.29) is 0 Å². The second-order valence-corrected chi connectivity index (χ2v) is 12.4. The van der Waals surface area contributed by atoms with Gasteiger partial charge in [0.2, 0.25) is 0 Å². The number of aromatic nitrogens is 3. The van der Waals surface area contributed by atoms with Crippen LogP contribution in [0.15, 0.2) is 16.9 Å². The van der Waals surface area contributed by atoms with Crippen molar-refractivity contribution in [3.63, 3.8) is 0 Å². The molecule has 0 fully saturated rings. The summed E-state index contributed by atoms with van der Waals surface area (Å²) >= 11 is 9.54. The number of hydrogen-bond acceptors (Lipinski definition) is 3. The van der Waals surface area contributed by atoms with E-state index in [1.807, 2.05) is 0 Å². The Morgan fingerprint density at radius 2 is 2.16 bits per heavy atom. The van der Waals surface area contributed by atoms with Crippen molar-refractivity contribution in [3.05, 3.63) is 21.9 Å². The lowest BCUT2D eigenvalue weighted by Crippen LogP contribution is -2.22. The van der Waals surface area contributed by atoms with Crippen LogP contribution in [0.1, 0.15) is 0 Å². The van der Waals surface area contributed by atoms with Crippen LogP contribution in [0, 0.1) is 0 Å². The summed E-state index contributed by atoms with van der Waals surface area (Å²) in [7, 11) is -1.05. The van der Waals surface area contributed by atoms with Crippen LogP contribution in [0.3, 0.4) is 0 Å². The molecular weight excluding hydrogens is 346 g/mol. The van der Waals surface area contributed by atoms with E-state index in [1.54, 1.807) is 16.9 Å². The minimum Gasteiger partial charge on any atom is -0.359 e. The van der Waals surface area contributed by atoms with Gasteiger partial charge in [-0.15, -0.1) is 0 Å². The van der Waals surface area contributed by atoms with Crippen molar-refractivity contribution in [2.24, 2.45) is 0 Å². The van der Waals surface area contributed by atoms with Crippen LogP contribution in [-0.4, -0.2) is 29.4 Å². The summed E-state index contributed by atoms with van der Waals surface area (Å²) in [6.07, 6.45) is 1.68. The number of halogens is 2. The molecule has 4 nitrogen and oxygen atoms in total. The predicted molar refractivity (Wildman–Crippen MR) is 84.3 cm³/mol. The van der Waals surface area contributed by atoms with Gasteiger partial charge in [0.1, 0.15) is 11.3 Å². The minimum atomic E-state index is -1.05. The Morgan fingerprint density at radius 1 is 1.42 bits per heavy atom. The smallest absolute Gasteiger partial charge is 0.162 e. The molecule has 0 saturated heterocycles. The Morgan fingerprint density at radius 3 is 2.84 bits per heavy atom. The first kappa shape index (κ1) is 15.0. The molecule has 2 heterocycles. The van der Waals surface area contributed by atoms with Gasteiger partial charge in [0.05, 0.1) is 10.4 Å². The Bertz CT molecular complexity index is 582. The number of nitrogens with zero attached hydrogens (tertiary/aromatic N) is 3. The van der Waals surface area contributed by atoms with Crippen LogP contribution in [0.2, 0.25) is 30.7 Å². The SMILES string of the molecule is C[Si](C)(C)CCOCn1nc(Br)c2c(Cl)ccnc21. The number of pyridine rings is 1. The van der Waals surface area contributed by atoms with Gasteiger partial charge in [0.25, 0.3) is 0 Å². The summed E-state index contributed by atoms with van der Waals surface area (Å²) in [6, 6.07) is 2.90. The Balaban J connectivity index is 2.08. The van der Waals surface area contributed by atoms with Gasteiger partial charge < -0.3 is 4.74 Å². The molecule has 19 heavy (non-hydrogen) atoms. The van der Waals surface area contributed by atoms with Crippen molar-refractivity contribution < 1.29 is 4.74 Å². The quantitative estimate of drug-likeness (QED) is 0.592. The van der Waals surface area contributed by atoms with Crippen LogP contribution in [0.4, 0.5) is 0 Å². The lowest BCUT2D eigenvalue weighted by Gasteiger charge is -2.15. The normalized spacial score (nSPS) is 12.3. The first-order valence-electron chi connectivity index (χ1n) is 6.13. The maximum absolute atomic E-state index is 6.14. The summed E-state index contributed by atoms with van der Waals surface area (Å²) in [5, 5.41) is 5.83. The van der Waals surface area contributed by atoms with Gasteiger partial charge >= 0.3 is 0 Å². The second kappa shape index (κ2) is 5.91. The third-order valence-electron chi connectivity index (χ3n) is 2.75. The number of ether oxygens (including phenoxy) is 1. The largest absolute Gasteiger partial charge is 0.359 e. The van der Waals surface area contributed by atoms with Crippen molar-refractivity contribution in [2.75, 3.05) is 6.61 Å². The van der Waals surface area contributed by atoms with E-state index < -0.39 is 8.07 Å². The van der Waals surface area contributed by atoms with Crippen molar-refractivity contribution in [2.45, 2.75) is 32.4 Å². The Kier molecular flexibility index (Phi) is 4.65. The molecule has 2 rings (SSSR count). The molecule has 104 valence electrons. The average molecular weight is 363 g/mol. The van der Waals surface area contributed by atoms with E-state index in [0.29, 0.717) is 16.4 Å². The lowest BCUT2D eigenvalue weighted by atomic mass is 10.3. The molecule has 0 bridgehead atoms. The van der Waals surface area contributed by atoms with Gasteiger partial charge in [-0.25, -0.2) is 9.67 Å². The van der Waals surface area contributed by atoms with Crippen molar-refractivity contribution in [1.29, 1.82) is 0 Å². The van der Waals surface area contributed by atoms with E-state index in [9.17, 15) is 0 Å². The first-order chi connectivity index (χ1) is 8.88. The summed E-state index contributed by atoms with van der Waals surface area (Å²) in [5.41, 5.74) is 0.743. The lowest BCUT2D eigenvalue weighted by molar-refractivity contribution is 0.0810. The zero-order chi connectivity index (χ0) is 14.0.